The zero-order valence-corrected chi connectivity index (χ0v) is 10.5. The number of aliphatic carboxylic acids is 2. The topological polar surface area (TPSA) is 116 Å². The van der Waals surface area contributed by atoms with Gasteiger partial charge in [0.25, 0.3) is 0 Å². The molecule has 0 radical (unpaired) electrons. The number of rotatable bonds is 7. The first-order chi connectivity index (χ1) is 8.99. The first kappa shape index (κ1) is 15.0. The molecule has 1 aliphatic carbocycles. The Morgan fingerprint density at radius 3 is 2.58 bits per heavy atom. The Bertz CT molecular complexity index is 392. The van der Waals surface area contributed by atoms with Gasteiger partial charge in [-0.1, -0.05) is 11.6 Å². The van der Waals surface area contributed by atoms with Crippen molar-refractivity contribution in [3.8, 4) is 0 Å². The van der Waals surface area contributed by atoms with E-state index in [9.17, 15) is 14.4 Å². The number of allylic oxidation sites excluding steroid dienone is 1. The van der Waals surface area contributed by atoms with Crippen LogP contribution in [0, 0.1) is 0 Å². The normalized spacial score (nSPS) is 15.5. The summed E-state index contributed by atoms with van der Waals surface area (Å²) in [6, 6.07) is -2.07. The minimum absolute atomic E-state index is 0.414. The summed E-state index contributed by atoms with van der Waals surface area (Å²) in [7, 11) is 0. The summed E-state index contributed by atoms with van der Waals surface area (Å²) in [6.07, 6.45) is 5.49. The number of urea groups is 1. The molecule has 7 heteroatoms. The van der Waals surface area contributed by atoms with Crippen LogP contribution in [0.4, 0.5) is 4.79 Å². The second-order valence-corrected chi connectivity index (χ2v) is 4.39. The van der Waals surface area contributed by atoms with Gasteiger partial charge in [-0.15, -0.1) is 0 Å². The number of carboxylic acid groups (broad SMARTS) is 2. The van der Waals surface area contributed by atoms with Gasteiger partial charge in [-0.05, 0) is 25.7 Å². The Labute approximate surface area is 110 Å². The van der Waals surface area contributed by atoms with Crippen molar-refractivity contribution in [1.29, 1.82) is 0 Å². The zero-order chi connectivity index (χ0) is 14.3. The number of hydrogen-bond donors (Lipinski definition) is 4. The van der Waals surface area contributed by atoms with Gasteiger partial charge in [0.05, 0.1) is 6.42 Å². The molecule has 1 atom stereocenters. The summed E-state index contributed by atoms with van der Waals surface area (Å²) in [6.45, 7) is 0.414. The Morgan fingerprint density at radius 1 is 1.32 bits per heavy atom. The Kier molecular flexibility index (Phi) is 5.84. The maximum atomic E-state index is 11.4. The molecule has 0 aliphatic heterocycles. The first-order valence-corrected chi connectivity index (χ1v) is 6.16. The summed E-state index contributed by atoms with van der Waals surface area (Å²) in [4.78, 5) is 32.6. The smallest absolute Gasteiger partial charge is 0.326 e. The van der Waals surface area contributed by atoms with Crippen molar-refractivity contribution in [2.75, 3.05) is 6.54 Å². The van der Waals surface area contributed by atoms with E-state index in [1.165, 1.54) is 5.57 Å². The number of amides is 2. The highest BCUT2D eigenvalue weighted by atomic mass is 16.4. The molecular weight excluding hydrogens is 252 g/mol. The van der Waals surface area contributed by atoms with Crippen LogP contribution >= 0.6 is 0 Å². The second kappa shape index (κ2) is 7.40. The van der Waals surface area contributed by atoms with Crippen molar-refractivity contribution >= 4 is 18.0 Å². The van der Waals surface area contributed by atoms with Crippen LogP contribution in [0.1, 0.15) is 32.1 Å². The molecule has 0 unspecified atom stereocenters. The second-order valence-electron chi connectivity index (χ2n) is 4.39. The lowest BCUT2D eigenvalue weighted by atomic mass is 10.2. The molecule has 0 aromatic carbocycles. The summed E-state index contributed by atoms with van der Waals surface area (Å²) >= 11 is 0. The molecule has 0 aromatic heterocycles. The molecule has 1 rings (SSSR count). The van der Waals surface area contributed by atoms with Gasteiger partial charge in [0.2, 0.25) is 0 Å². The van der Waals surface area contributed by atoms with Crippen LogP contribution in [0.15, 0.2) is 11.6 Å². The lowest BCUT2D eigenvalue weighted by molar-refractivity contribution is -0.145. The molecule has 2 amide bonds. The molecule has 0 spiro atoms. The number of hydrogen-bond acceptors (Lipinski definition) is 3. The van der Waals surface area contributed by atoms with E-state index in [0.717, 1.165) is 25.7 Å². The molecule has 19 heavy (non-hydrogen) atoms. The average Bonchev–Trinajstić information content (AvgIpc) is 2.80. The summed E-state index contributed by atoms with van der Waals surface area (Å²) in [5.74, 6) is -2.64. The number of carboxylic acids is 2. The molecule has 0 heterocycles. The SMILES string of the molecule is O=C(O)C[C@H](NC(=O)NCCC1=CCCC1)C(=O)O. The third-order valence-electron chi connectivity index (χ3n) is 2.85. The molecule has 0 fully saturated rings. The minimum Gasteiger partial charge on any atom is -0.481 e. The van der Waals surface area contributed by atoms with Crippen LogP contribution in [0.2, 0.25) is 0 Å². The van der Waals surface area contributed by atoms with Crippen molar-refractivity contribution in [3.63, 3.8) is 0 Å². The van der Waals surface area contributed by atoms with Crippen molar-refractivity contribution in [2.45, 2.75) is 38.1 Å². The van der Waals surface area contributed by atoms with Crippen molar-refractivity contribution in [1.82, 2.24) is 10.6 Å². The van der Waals surface area contributed by atoms with E-state index < -0.39 is 30.4 Å². The van der Waals surface area contributed by atoms with Crippen molar-refractivity contribution < 1.29 is 24.6 Å². The molecule has 7 nitrogen and oxygen atoms in total. The van der Waals surface area contributed by atoms with E-state index in [1.807, 2.05) is 0 Å². The van der Waals surface area contributed by atoms with Crippen LogP contribution < -0.4 is 10.6 Å². The molecule has 1 aliphatic rings. The van der Waals surface area contributed by atoms with E-state index in [-0.39, 0.29) is 0 Å². The predicted octanol–water partition coefficient (Wildman–Crippen LogP) is 0.714. The van der Waals surface area contributed by atoms with Crippen molar-refractivity contribution in [3.05, 3.63) is 11.6 Å². The van der Waals surface area contributed by atoms with Crippen LogP contribution in [0.3, 0.4) is 0 Å². The highest BCUT2D eigenvalue weighted by molar-refractivity contribution is 5.86. The maximum Gasteiger partial charge on any atom is 0.326 e. The van der Waals surface area contributed by atoms with Gasteiger partial charge in [0.1, 0.15) is 6.04 Å². The van der Waals surface area contributed by atoms with E-state index in [1.54, 1.807) is 0 Å². The lowest BCUT2D eigenvalue weighted by Crippen LogP contribution is -2.47. The van der Waals surface area contributed by atoms with Gasteiger partial charge in [-0.3, -0.25) is 4.79 Å². The molecular formula is C12H18N2O5. The van der Waals surface area contributed by atoms with Crippen LogP contribution in [-0.2, 0) is 9.59 Å². The molecule has 4 N–H and O–H groups in total. The quantitative estimate of drug-likeness (QED) is 0.508. The molecule has 0 aromatic rings. The Balaban J connectivity index is 2.27. The third kappa shape index (κ3) is 5.89. The summed E-state index contributed by atoms with van der Waals surface area (Å²) < 4.78 is 0. The average molecular weight is 270 g/mol. The largest absolute Gasteiger partial charge is 0.481 e. The van der Waals surface area contributed by atoms with Gasteiger partial charge < -0.3 is 20.8 Å². The number of carbonyl (C=O) groups excluding carboxylic acids is 1. The molecule has 0 saturated heterocycles. The molecule has 0 saturated carbocycles. The van der Waals surface area contributed by atoms with Crippen molar-refractivity contribution in [2.24, 2.45) is 0 Å². The minimum atomic E-state index is -1.41. The van der Waals surface area contributed by atoms with Crippen LogP contribution in [0.5, 0.6) is 0 Å². The molecule has 0 bridgehead atoms. The Hall–Kier alpha value is -2.05. The van der Waals surface area contributed by atoms with Gasteiger partial charge in [0.15, 0.2) is 0 Å². The summed E-state index contributed by atoms with van der Waals surface area (Å²) in [5, 5.41) is 21.9. The van der Waals surface area contributed by atoms with E-state index in [2.05, 4.69) is 16.7 Å². The fraction of sp³-hybridized carbons (Fsp3) is 0.583. The molecule has 106 valence electrons. The fourth-order valence-corrected chi connectivity index (χ4v) is 1.88. The van der Waals surface area contributed by atoms with E-state index in [0.29, 0.717) is 6.54 Å². The van der Waals surface area contributed by atoms with E-state index in [4.69, 9.17) is 10.2 Å². The van der Waals surface area contributed by atoms with Crippen LogP contribution in [0.25, 0.3) is 0 Å². The standard InChI is InChI=1S/C12H18N2O5/c15-10(16)7-9(11(17)18)14-12(19)13-6-5-8-3-1-2-4-8/h3,9H,1-2,4-7H2,(H,15,16)(H,17,18)(H2,13,14,19)/t9-/m0/s1. The monoisotopic (exact) mass is 270 g/mol. The van der Waals surface area contributed by atoms with Crippen LogP contribution in [-0.4, -0.2) is 40.8 Å². The third-order valence-corrected chi connectivity index (χ3v) is 2.85. The van der Waals surface area contributed by atoms with Gasteiger partial charge >= 0.3 is 18.0 Å². The fourth-order valence-electron chi connectivity index (χ4n) is 1.88. The van der Waals surface area contributed by atoms with E-state index >= 15 is 0 Å². The first-order valence-electron chi connectivity index (χ1n) is 6.16. The summed E-state index contributed by atoms with van der Waals surface area (Å²) in [5.41, 5.74) is 1.29. The predicted molar refractivity (Wildman–Crippen MR) is 66.8 cm³/mol. The highest BCUT2D eigenvalue weighted by Crippen LogP contribution is 2.19. The van der Waals surface area contributed by atoms with Gasteiger partial charge in [-0.25, -0.2) is 9.59 Å². The van der Waals surface area contributed by atoms with Gasteiger partial charge in [-0.2, -0.15) is 0 Å². The number of carbonyl (C=O) groups is 3. The van der Waals surface area contributed by atoms with Gasteiger partial charge in [0, 0.05) is 6.54 Å². The zero-order valence-electron chi connectivity index (χ0n) is 10.5. The number of nitrogens with one attached hydrogen (secondary N) is 2. The highest BCUT2D eigenvalue weighted by Gasteiger charge is 2.22. The maximum absolute atomic E-state index is 11.4. The Morgan fingerprint density at radius 2 is 2.05 bits per heavy atom. The lowest BCUT2D eigenvalue weighted by Gasteiger charge is -2.13.